The first-order valence-corrected chi connectivity index (χ1v) is 9.27. The van der Waals surface area contributed by atoms with Gasteiger partial charge in [-0.05, 0) is 31.5 Å². The van der Waals surface area contributed by atoms with Crippen LogP contribution in [-0.4, -0.2) is 53.9 Å². The number of piperazine rings is 1. The Hall–Kier alpha value is -2.28. The van der Waals surface area contributed by atoms with Gasteiger partial charge in [0, 0.05) is 43.6 Å². The number of halogens is 2. The number of alkyl halides is 1. The molecular weight excluding hydrogens is 371 g/mol. The fraction of sp³-hybridized carbons (Fsp3) is 0.474. The first kappa shape index (κ1) is 19.5. The summed E-state index contributed by atoms with van der Waals surface area (Å²) < 4.78 is 19.8. The lowest BCUT2D eigenvalue weighted by atomic mass is 10.2. The number of rotatable bonds is 5. The van der Waals surface area contributed by atoms with Gasteiger partial charge in [0.05, 0.1) is 17.8 Å². The SMILES string of the molecule is COc1cc(N2CCN(C(=O)Cn3nc(CF)c(C)c3C)CC2)ccc1Cl. The number of aromatic nitrogens is 2. The van der Waals surface area contributed by atoms with Crippen LogP contribution in [0.1, 0.15) is 17.0 Å². The van der Waals surface area contributed by atoms with E-state index in [9.17, 15) is 9.18 Å². The lowest BCUT2D eigenvalue weighted by Gasteiger charge is -2.36. The lowest BCUT2D eigenvalue weighted by Crippen LogP contribution is -2.49. The highest BCUT2D eigenvalue weighted by atomic mass is 35.5. The molecule has 1 aromatic carbocycles. The topological polar surface area (TPSA) is 50.6 Å². The van der Waals surface area contributed by atoms with Crippen LogP contribution in [0.15, 0.2) is 18.2 Å². The van der Waals surface area contributed by atoms with E-state index in [2.05, 4.69) is 10.00 Å². The van der Waals surface area contributed by atoms with Gasteiger partial charge in [0.25, 0.3) is 0 Å². The van der Waals surface area contributed by atoms with Gasteiger partial charge in [0.2, 0.25) is 5.91 Å². The van der Waals surface area contributed by atoms with Crippen LogP contribution in [0.2, 0.25) is 5.02 Å². The number of hydrogen-bond acceptors (Lipinski definition) is 4. The molecule has 6 nitrogen and oxygen atoms in total. The predicted molar refractivity (Wildman–Crippen MR) is 103 cm³/mol. The summed E-state index contributed by atoms with van der Waals surface area (Å²) in [5.74, 6) is 0.639. The predicted octanol–water partition coefficient (Wildman–Crippen LogP) is 2.98. The van der Waals surface area contributed by atoms with Gasteiger partial charge < -0.3 is 14.5 Å². The third-order valence-corrected chi connectivity index (χ3v) is 5.46. The average molecular weight is 395 g/mol. The highest BCUT2D eigenvalue weighted by molar-refractivity contribution is 6.32. The maximum atomic E-state index is 13.0. The van der Waals surface area contributed by atoms with Crippen LogP contribution in [0.25, 0.3) is 0 Å². The van der Waals surface area contributed by atoms with Crippen molar-refractivity contribution in [3.63, 3.8) is 0 Å². The van der Waals surface area contributed by atoms with Gasteiger partial charge in [0.1, 0.15) is 19.0 Å². The van der Waals surface area contributed by atoms with Gasteiger partial charge in [-0.25, -0.2) is 4.39 Å². The monoisotopic (exact) mass is 394 g/mol. The highest BCUT2D eigenvalue weighted by Gasteiger charge is 2.23. The molecule has 0 aliphatic carbocycles. The summed E-state index contributed by atoms with van der Waals surface area (Å²) in [5.41, 5.74) is 3.07. The molecule has 8 heteroatoms. The van der Waals surface area contributed by atoms with Crippen LogP contribution < -0.4 is 9.64 Å². The number of anilines is 1. The van der Waals surface area contributed by atoms with E-state index in [-0.39, 0.29) is 12.5 Å². The van der Waals surface area contributed by atoms with E-state index in [0.717, 1.165) is 30.0 Å². The molecule has 0 spiro atoms. The van der Waals surface area contributed by atoms with E-state index in [0.29, 0.717) is 29.6 Å². The van der Waals surface area contributed by atoms with Gasteiger partial charge in [-0.1, -0.05) is 11.6 Å². The fourth-order valence-electron chi connectivity index (χ4n) is 3.27. The zero-order valence-corrected chi connectivity index (χ0v) is 16.6. The number of carbonyl (C=O) groups is 1. The minimum absolute atomic E-state index is 0.000607. The van der Waals surface area contributed by atoms with Crippen LogP contribution in [0.5, 0.6) is 5.75 Å². The number of carbonyl (C=O) groups excluding carboxylic acids is 1. The van der Waals surface area contributed by atoms with Crippen LogP contribution >= 0.6 is 11.6 Å². The summed E-state index contributed by atoms with van der Waals surface area (Å²) in [6.07, 6.45) is 0. The molecule has 27 heavy (non-hydrogen) atoms. The molecule has 1 aliphatic rings. The maximum absolute atomic E-state index is 13.0. The molecule has 0 radical (unpaired) electrons. The Kier molecular flexibility index (Phi) is 5.89. The summed E-state index contributed by atoms with van der Waals surface area (Å²) in [4.78, 5) is 16.7. The van der Waals surface area contributed by atoms with Crippen molar-refractivity contribution in [1.82, 2.24) is 14.7 Å². The van der Waals surface area contributed by atoms with Crippen molar-refractivity contribution in [1.29, 1.82) is 0 Å². The minimum Gasteiger partial charge on any atom is -0.495 e. The zero-order valence-electron chi connectivity index (χ0n) is 15.8. The van der Waals surface area contributed by atoms with Crippen LogP contribution in [0.4, 0.5) is 10.1 Å². The quantitative estimate of drug-likeness (QED) is 0.782. The molecule has 1 fully saturated rings. The number of benzene rings is 1. The van der Waals surface area contributed by atoms with E-state index >= 15 is 0 Å². The van der Waals surface area contributed by atoms with Gasteiger partial charge in [-0.2, -0.15) is 5.10 Å². The van der Waals surface area contributed by atoms with Crippen LogP contribution in [-0.2, 0) is 18.0 Å². The molecule has 2 aromatic rings. The van der Waals surface area contributed by atoms with Crippen molar-refractivity contribution in [2.75, 3.05) is 38.2 Å². The van der Waals surface area contributed by atoms with Gasteiger partial charge in [0.15, 0.2) is 0 Å². The molecule has 0 saturated carbocycles. The van der Waals surface area contributed by atoms with Crippen molar-refractivity contribution in [3.8, 4) is 5.75 Å². The Balaban J connectivity index is 1.61. The average Bonchev–Trinajstić information content (AvgIpc) is 2.96. The Morgan fingerprint density at radius 2 is 1.96 bits per heavy atom. The molecule has 1 aromatic heterocycles. The van der Waals surface area contributed by atoms with Gasteiger partial charge in [-0.3, -0.25) is 9.48 Å². The molecule has 0 unspecified atom stereocenters. The van der Waals surface area contributed by atoms with E-state index in [1.54, 1.807) is 11.8 Å². The van der Waals surface area contributed by atoms with Crippen molar-refractivity contribution >= 4 is 23.2 Å². The Labute approximate surface area is 163 Å². The molecule has 0 atom stereocenters. The molecule has 1 amide bonds. The first-order valence-electron chi connectivity index (χ1n) is 8.89. The molecular formula is C19H24ClFN4O2. The van der Waals surface area contributed by atoms with Crippen LogP contribution in [0, 0.1) is 13.8 Å². The molecule has 0 bridgehead atoms. The first-order chi connectivity index (χ1) is 12.9. The molecule has 0 N–H and O–H groups in total. The number of hydrogen-bond donors (Lipinski definition) is 0. The third kappa shape index (κ3) is 4.03. The molecule has 3 rings (SSSR count). The van der Waals surface area contributed by atoms with Crippen molar-refractivity contribution < 1.29 is 13.9 Å². The van der Waals surface area contributed by atoms with E-state index in [1.165, 1.54) is 0 Å². The molecule has 146 valence electrons. The molecule has 2 heterocycles. The Morgan fingerprint density at radius 3 is 2.56 bits per heavy atom. The fourth-order valence-corrected chi connectivity index (χ4v) is 3.46. The van der Waals surface area contributed by atoms with E-state index < -0.39 is 6.67 Å². The van der Waals surface area contributed by atoms with Gasteiger partial charge >= 0.3 is 0 Å². The minimum atomic E-state index is -0.614. The zero-order chi connectivity index (χ0) is 19.6. The van der Waals surface area contributed by atoms with Crippen molar-refractivity contribution in [2.24, 2.45) is 0 Å². The number of ether oxygens (including phenoxy) is 1. The Bertz CT molecular complexity index is 831. The summed E-state index contributed by atoms with van der Waals surface area (Å²) in [5, 5.41) is 4.79. The van der Waals surface area contributed by atoms with E-state index in [4.69, 9.17) is 16.3 Å². The number of methoxy groups -OCH3 is 1. The standard InChI is InChI=1S/C19H24ClFN4O2/c1-13-14(2)25(22-17(13)11-21)12-19(26)24-8-6-23(7-9-24)15-4-5-16(20)18(10-15)27-3/h4-5,10H,6-9,11-12H2,1-3H3. The largest absolute Gasteiger partial charge is 0.495 e. The van der Waals surface area contributed by atoms with Gasteiger partial charge in [-0.15, -0.1) is 0 Å². The van der Waals surface area contributed by atoms with Crippen molar-refractivity contribution in [3.05, 3.63) is 40.2 Å². The smallest absolute Gasteiger partial charge is 0.244 e. The Morgan fingerprint density at radius 1 is 1.26 bits per heavy atom. The normalized spacial score (nSPS) is 14.6. The number of nitrogens with zero attached hydrogens (tertiary/aromatic N) is 4. The molecule has 1 saturated heterocycles. The number of amides is 1. The second kappa shape index (κ2) is 8.17. The molecule has 1 aliphatic heterocycles. The second-order valence-electron chi connectivity index (χ2n) is 6.64. The van der Waals surface area contributed by atoms with Crippen molar-refractivity contribution in [2.45, 2.75) is 27.1 Å². The highest BCUT2D eigenvalue weighted by Crippen LogP contribution is 2.29. The summed E-state index contributed by atoms with van der Waals surface area (Å²) in [6.45, 7) is 5.92. The third-order valence-electron chi connectivity index (χ3n) is 5.15. The summed E-state index contributed by atoms with van der Waals surface area (Å²) in [7, 11) is 1.59. The summed E-state index contributed by atoms with van der Waals surface area (Å²) in [6, 6.07) is 5.68. The maximum Gasteiger partial charge on any atom is 0.244 e. The van der Waals surface area contributed by atoms with E-state index in [1.807, 2.05) is 36.9 Å². The second-order valence-corrected chi connectivity index (χ2v) is 7.04. The lowest BCUT2D eigenvalue weighted by molar-refractivity contribution is -0.132. The summed E-state index contributed by atoms with van der Waals surface area (Å²) >= 11 is 6.08. The van der Waals surface area contributed by atoms with Crippen LogP contribution in [0.3, 0.4) is 0 Å².